The first-order valence-corrected chi connectivity index (χ1v) is 9.75. The first kappa shape index (κ1) is 22.2. The molecule has 2 fully saturated rings. The van der Waals surface area contributed by atoms with E-state index in [4.69, 9.17) is 0 Å². The van der Waals surface area contributed by atoms with Crippen LogP contribution in [-0.2, 0) is 19.2 Å². The second kappa shape index (κ2) is 7.37. The van der Waals surface area contributed by atoms with Crippen LogP contribution in [0, 0.1) is 46.3 Å². The maximum Gasteiger partial charge on any atom is 0.311 e. The van der Waals surface area contributed by atoms with E-state index in [9.17, 15) is 39.6 Å². The second-order valence-corrected chi connectivity index (χ2v) is 9.32. The molecule has 0 radical (unpaired) electrons. The lowest BCUT2D eigenvalue weighted by atomic mass is 9.31. The molecular weight excluding hydrogens is 368 g/mol. The SMILES string of the molecule is CC(C)CC1(C(=O)O)C2CC(C(=O)O)C(C(=O)O)CC2C1(CC(C)C)C(=O)O. The van der Waals surface area contributed by atoms with E-state index < -0.39 is 58.4 Å². The van der Waals surface area contributed by atoms with Gasteiger partial charge in [0, 0.05) is 0 Å². The minimum absolute atomic E-state index is 0.108. The van der Waals surface area contributed by atoms with Crippen LogP contribution in [0.1, 0.15) is 53.4 Å². The van der Waals surface area contributed by atoms with Gasteiger partial charge in [-0.05, 0) is 49.4 Å². The quantitative estimate of drug-likeness (QED) is 0.487. The first-order valence-electron chi connectivity index (χ1n) is 9.75. The predicted octanol–water partition coefficient (Wildman–Crippen LogP) is 2.66. The predicted molar refractivity (Wildman–Crippen MR) is 97.5 cm³/mol. The summed E-state index contributed by atoms with van der Waals surface area (Å²) < 4.78 is 0. The number of aliphatic carboxylic acids is 4. The number of fused-ring (bicyclic) bond motifs is 1. The zero-order valence-electron chi connectivity index (χ0n) is 16.7. The number of hydrogen-bond donors (Lipinski definition) is 4. The molecular formula is C20H30O8. The smallest absolute Gasteiger partial charge is 0.311 e. The Labute approximate surface area is 163 Å². The summed E-state index contributed by atoms with van der Waals surface area (Å²) in [6, 6.07) is 0. The molecule has 4 N–H and O–H groups in total. The zero-order chi connectivity index (χ0) is 21.6. The molecule has 2 aliphatic carbocycles. The molecule has 0 heterocycles. The Hall–Kier alpha value is -2.12. The lowest BCUT2D eigenvalue weighted by Crippen LogP contribution is -2.74. The van der Waals surface area contributed by atoms with Crippen LogP contribution in [0.5, 0.6) is 0 Å². The number of carboxylic acids is 4. The van der Waals surface area contributed by atoms with Gasteiger partial charge in [0.25, 0.3) is 0 Å². The van der Waals surface area contributed by atoms with Gasteiger partial charge >= 0.3 is 23.9 Å². The molecule has 0 aliphatic heterocycles. The van der Waals surface area contributed by atoms with Crippen molar-refractivity contribution in [1.29, 1.82) is 0 Å². The van der Waals surface area contributed by atoms with E-state index in [2.05, 4.69) is 0 Å². The van der Waals surface area contributed by atoms with Crippen LogP contribution in [0.15, 0.2) is 0 Å². The summed E-state index contributed by atoms with van der Waals surface area (Å²) in [4.78, 5) is 48.5. The Morgan fingerprint density at radius 3 is 1.18 bits per heavy atom. The van der Waals surface area contributed by atoms with Crippen LogP contribution < -0.4 is 0 Å². The van der Waals surface area contributed by atoms with E-state index in [1.165, 1.54) is 0 Å². The van der Waals surface area contributed by atoms with Crippen LogP contribution in [0.3, 0.4) is 0 Å². The Morgan fingerprint density at radius 2 is 1.00 bits per heavy atom. The first-order chi connectivity index (χ1) is 12.8. The van der Waals surface area contributed by atoms with E-state index in [0.29, 0.717) is 0 Å². The fraction of sp³-hybridized carbons (Fsp3) is 0.800. The van der Waals surface area contributed by atoms with Gasteiger partial charge in [-0.3, -0.25) is 19.2 Å². The van der Waals surface area contributed by atoms with Gasteiger partial charge < -0.3 is 20.4 Å². The summed E-state index contributed by atoms with van der Waals surface area (Å²) >= 11 is 0. The van der Waals surface area contributed by atoms with Crippen molar-refractivity contribution >= 4 is 23.9 Å². The molecule has 6 atom stereocenters. The molecule has 0 amide bonds. The summed E-state index contributed by atoms with van der Waals surface area (Å²) in [6.07, 6.45) is -0.00851. The highest BCUT2D eigenvalue weighted by molar-refractivity contribution is 5.91. The van der Waals surface area contributed by atoms with E-state index in [0.717, 1.165) is 0 Å². The topological polar surface area (TPSA) is 149 Å². The average molecular weight is 398 g/mol. The molecule has 8 heteroatoms. The van der Waals surface area contributed by atoms with Crippen molar-refractivity contribution in [2.24, 2.45) is 46.3 Å². The summed E-state index contributed by atoms with van der Waals surface area (Å²) in [5, 5.41) is 39.6. The molecule has 2 aliphatic rings. The summed E-state index contributed by atoms with van der Waals surface area (Å²) in [5.74, 6) is -8.96. The van der Waals surface area contributed by atoms with Gasteiger partial charge in [0.15, 0.2) is 0 Å². The van der Waals surface area contributed by atoms with E-state index in [1.54, 1.807) is 0 Å². The number of carboxylic acid groups (broad SMARTS) is 4. The van der Waals surface area contributed by atoms with Crippen molar-refractivity contribution in [2.75, 3.05) is 0 Å². The van der Waals surface area contributed by atoms with E-state index >= 15 is 0 Å². The van der Waals surface area contributed by atoms with Gasteiger partial charge in [0.2, 0.25) is 0 Å². The summed E-state index contributed by atoms with van der Waals surface area (Å²) in [5.41, 5.74) is -3.20. The molecule has 0 aromatic carbocycles. The van der Waals surface area contributed by atoms with Crippen molar-refractivity contribution in [2.45, 2.75) is 53.4 Å². The highest BCUT2D eigenvalue weighted by Crippen LogP contribution is 2.74. The Morgan fingerprint density at radius 1 is 0.714 bits per heavy atom. The van der Waals surface area contributed by atoms with Crippen LogP contribution >= 0.6 is 0 Å². The molecule has 0 bridgehead atoms. The Bertz CT molecular complexity index is 626. The van der Waals surface area contributed by atoms with E-state index in [-0.39, 0.29) is 37.5 Å². The molecule has 28 heavy (non-hydrogen) atoms. The van der Waals surface area contributed by atoms with Gasteiger partial charge in [-0.15, -0.1) is 0 Å². The molecule has 158 valence electrons. The largest absolute Gasteiger partial charge is 0.481 e. The van der Waals surface area contributed by atoms with Crippen molar-refractivity contribution in [3.05, 3.63) is 0 Å². The maximum absolute atomic E-state index is 12.6. The molecule has 0 spiro atoms. The van der Waals surface area contributed by atoms with Gasteiger partial charge in [-0.1, -0.05) is 27.7 Å². The monoisotopic (exact) mass is 398 g/mol. The normalized spacial score (nSPS) is 37.2. The van der Waals surface area contributed by atoms with E-state index in [1.807, 2.05) is 27.7 Å². The van der Waals surface area contributed by atoms with Gasteiger partial charge in [-0.2, -0.15) is 0 Å². The molecule has 0 aromatic heterocycles. The van der Waals surface area contributed by atoms with Gasteiger partial charge in [0.05, 0.1) is 22.7 Å². The fourth-order valence-corrected chi connectivity index (χ4v) is 6.23. The average Bonchev–Trinajstić information content (AvgIpc) is 2.54. The van der Waals surface area contributed by atoms with Gasteiger partial charge in [0.1, 0.15) is 0 Å². The number of carbonyl (C=O) groups is 4. The Balaban J connectivity index is 2.67. The summed E-state index contributed by atoms with van der Waals surface area (Å²) in [7, 11) is 0. The standard InChI is InChI=1S/C20H30O8/c1-9(2)7-19(17(25)26)13-5-11(15(21)22)12(16(23)24)6-14(13)20(19,18(27)28)8-10(3)4/h9-14H,5-8H2,1-4H3,(H,21,22)(H,23,24)(H,25,26)(H,27,28). The fourth-order valence-electron chi connectivity index (χ4n) is 6.23. The third-order valence-corrected chi connectivity index (χ3v) is 6.91. The van der Waals surface area contributed by atoms with Crippen molar-refractivity contribution in [3.8, 4) is 0 Å². The molecule has 2 rings (SSSR count). The minimum atomic E-state index is -1.60. The third-order valence-electron chi connectivity index (χ3n) is 6.91. The maximum atomic E-state index is 12.6. The Kier molecular flexibility index (Phi) is 5.83. The second-order valence-electron chi connectivity index (χ2n) is 9.32. The number of rotatable bonds is 8. The molecule has 2 saturated carbocycles. The summed E-state index contributed by atoms with van der Waals surface area (Å²) in [6.45, 7) is 7.27. The minimum Gasteiger partial charge on any atom is -0.481 e. The zero-order valence-corrected chi connectivity index (χ0v) is 16.7. The van der Waals surface area contributed by atoms with Crippen molar-refractivity contribution in [3.63, 3.8) is 0 Å². The van der Waals surface area contributed by atoms with Crippen molar-refractivity contribution in [1.82, 2.24) is 0 Å². The van der Waals surface area contributed by atoms with Gasteiger partial charge in [-0.25, -0.2) is 0 Å². The third kappa shape index (κ3) is 2.97. The molecule has 8 nitrogen and oxygen atoms in total. The van der Waals surface area contributed by atoms with Crippen molar-refractivity contribution < 1.29 is 39.6 Å². The van der Waals surface area contributed by atoms with Crippen LogP contribution in [0.25, 0.3) is 0 Å². The lowest BCUT2D eigenvalue weighted by molar-refractivity contribution is -0.260. The highest BCUT2D eigenvalue weighted by Gasteiger charge is 2.79. The van der Waals surface area contributed by atoms with Crippen LogP contribution in [0.4, 0.5) is 0 Å². The molecule has 6 unspecified atom stereocenters. The molecule has 0 saturated heterocycles. The lowest BCUT2D eigenvalue weighted by Gasteiger charge is -2.69. The number of hydrogen-bond acceptors (Lipinski definition) is 4. The molecule has 0 aromatic rings. The highest BCUT2D eigenvalue weighted by atomic mass is 16.4. The van der Waals surface area contributed by atoms with Crippen LogP contribution in [0.2, 0.25) is 0 Å². The van der Waals surface area contributed by atoms with Crippen LogP contribution in [-0.4, -0.2) is 44.3 Å².